The third-order valence-corrected chi connectivity index (χ3v) is 3.42. The predicted octanol–water partition coefficient (Wildman–Crippen LogP) is 2.53. The van der Waals surface area contributed by atoms with Crippen LogP contribution in [-0.2, 0) is 6.18 Å². The van der Waals surface area contributed by atoms with E-state index in [0.29, 0.717) is 5.92 Å². The number of hydrogen-bond acceptors (Lipinski definition) is 3. The number of nitrogens with one attached hydrogen (secondary N) is 1. The predicted molar refractivity (Wildman–Crippen MR) is 68.1 cm³/mol. The molecule has 2 heterocycles. The number of aromatic nitrogens is 1. The van der Waals surface area contributed by atoms with Gasteiger partial charge in [0.1, 0.15) is 5.69 Å². The molecule has 1 aliphatic heterocycles. The Labute approximate surface area is 110 Å². The second-order valence-electron chi connectivity index (χ2n) is 5.11. The van der Waals surface area contributed by atoms with Crippen molar-refractivity contribution in [3.63, 3.8) is 0 Å². The fourth-order valence-corrected chi connectivity index (χ4v) is 2.37. The quantitative estimate of drug-likeness (QED) is 0.897. The monoisotopic (exact) mass is 273 g/mol. The van der Waals surface area contributed by atoms with Gasteiger partial charge in [-0.3, -0.25) is 0 Å². The van der Waals surface area contributed by atoms with Gasteiger partial charge in [-0.2, -0.15) is 13.2 Å². The van der Waals surface area contributed by atoms with Gasteiger partial charge in [-0.05, 0) is 18.1 Å². The average molecular weight is 273 g/mol. The van der Waals surface area contributed by atoms with Gasteiger partial charge < -0.3 is 10.2 Å². The van der Waals surface area contributed by atoms with E-state index in [1.165, 1.54) is 12.3 Å². The summed E-state index contributed by atoms with van der Waals surface area (Å²) >= 11 is 0. The molecule has 1 atom stereocenters. The van der Waals surface area contributed by atoms with Crippen molar-refractivity contribution in [2.45, 2.75) is 26.1 Å². The highest BCUT2D eigenvalue weighted by Gasteiger charge is 2.33. The Kier molecular flexibility index (Phi) is 3.99. The molecule has 2 rings (SSSR count). The molecule has 1 aliphatic rings. The van der Waals surface area contributed by atoms with Crippen LogP contribution in [-0.4, -0.2) is 30.7 Å². The van der Waals surface area contributed by atoms with E-state index in [2.05, 4.69) is 29.0 Å². The minimum Gasteiger partial charge on any atom is -0.364 e. The first-order chi connectivity index (χ1) is 8.89. The maximum absolute atomic E-state index is 12.5. The first-order valence-electron chi connectivity index (χ1n) is 6.40. The van der Waals surface area contributed by atoms with Gasteiger partial charge in [-0.25, -0.2) is 4.98 Å². The van der Waals surface area contributed by atoms with Gasteiger partial charge in [0.25, 0.3) is 0 Å². The lowest BCUT2D eigenvalue weighted by molar-refractivity contribution is -0.141. The molecule has 1 fully saturated rings. The molecule has 0 saturated carbocycles. The van der Waals surface area contributed by atoms with Crippen molar-refractivity contribution in [1.82, 2.24) is 10.3 Å². The van der Waals surface area contributed by atoms with Gasteiger partial charge >= 0.3 is 6.18 Å². The van der Waals surface area contributed by atoms with Crippen molar-refractivity contribution < 1.29 is 13.2 Å². The highest BCUT2D eigenvalue weighted by Crippen LogP contribution is 2.29. The Bertz CT molecular complexity index is 414. The first-order valence-corrected chi connectivity index (χ1v) is 6.40. The second-order valence-corrected chi connectivity index (χ2v) is 5.11. The van der Waals surface area contributed by atoms with Crippen LogP contribution < -0.4 is 10.2 Å². The van der Waals surface area contributed by atoms with Crippen LogP contribution in [0.1, 0.15) is 19.5 Å². The normalized spacial score (nSPS) is 20.9. The molecule has 1 saturated heterocycles. The summed E-state index contributed by atoms with van der Waals surface area (Å²) in [6.07, 6.45) is -3.05. The zero-order chi connectivity index (χ0) is 14.0. The third kappa shape index (κ3) is 3.18. The van der Waals surface area contributed by atoms with Gasteiger partial charge in [0.05, 0.1) is 11.9 Å². The van der Waals surface area contributed by atoms with Crippen LogP contribution in [0.25, 0.3) is 0 Å². The molecule has 1 aromatic rings. The Morgan fingerprint density at radius 2 is 2.11 bits per heavy atom. The zero-order valence-corrected chi connectivity index (χ0v) is 11.0. The van der Waals surface area contributed by atoms with E-state index in [9.17, 15) is 13.2 Å². The molecule has 106 valence electrons. The number of nitrogens with zero attached hydrogens (tertiary/aromatic N) is 2. The Morgan fingerprint density at radius 1 is 1.37 bits per heavy atom. The van der Waals surface area contributed by atoms with Crippen LogP contribution in [0.3, 0.4) is 0 Å². The van der Waals surface area contributed by atoms with Gasteiger partial charge in [0.2, 0.25) is 0 Å². The van der Waals surface area contributed by atoms with E-state index in [0.717, 1.165) is 31.4 Å². The SMILES string of the molecule is CC(C)C1CNCCN1c1ccc(C(F)(F)F)nc1. The van der Waals surface area contributed by atoms with E-state index in [4.69, 9.17) is 0 Å². The van der Waals surface area contributed by atoms with Crippen molar-refractivity contribution in [2.75, 3.05) is 24.5 Å². The topological polar surface area (TPSA) is 28.2 Å². The van der Waals surface area contributed by atoms with Crippen LogP contribution in [0.4, 0.5) is 18.9 Å². The molecule has 0 aliphatic carbocycles. The molecule has 0 bridgehead atoms. The summed E-state index contributed by atoms with van der Waals surface area (Å²) in [5.74, 6) is 0.426. The Balaban J connectivity index is 2.20. The van der Waals surface area contributed by atoms with Crippen molar-refractivity contribution in [2.24, 2.45) is 5.92 Å². The van der Waals surface area contributed by atoms with Gasteiger partial charge in [-0.15, -0.1) is 0 Å². The molecule has 3 nitrogen and oxygen atoms in total. The van der Waals surface area contributed by atoms with E-state index in [1.54, 1.807) is 0 Å². The largest absolute Gasteiger partial charge is 0.433 e. The lowest BCUT2D eigenvalue weighted by atomic mass is 10.00. The third-order valence-electron chi connectivity index (χ3n) is 3.42. The summed E-state index contributed by atoms with van der Waals surface area (Å²) < 4.78 is 37.4. The van der Waals surface area contributed by atoms with Crippen molar-refractivity contribution in [1.29, 1.82) is 0 Å². The Hall–Kier alpha value is -1.30. The number of anilines is 1. The summed E-state index contributed by atoms with van der Waals surface area (Å²) in [6.45, 7) is 6.70. The maximum atomic E-state index is 12.5. The standard InChI is InChI=1S/C13H18F3N3/c1-9(2)11-8-17-5-6-19(11)10-3-4-12(18-7-10)13(14,15)16/h3-4,7,9,11,17H,5-6,8H2,1-2H3. The van der Waals surface area contributed by atoms with Crippen LogP contribution in [0, 0.1) is 5.92 Å². The molecule has 1 unspecified atom stereocenters. The smallest absolute Gasteiger partial charge is 0.364 e. The second kappa shape index (κ2) is 5.36. The molecule has 0 radical (unpaired) electrons. The minimum absolute atomic E-state index is 0.285. The van der Waals surface area contributed by atoms with Gasteiger partial charge in [-0.1, -0.05) is 13.8 Å². The van der Waals surface area contributed by atoms with Crippen LogP contribution in [0.5, 0.6) is 0 Å². The fraction of sp³-hybridized carbons (Fsp3) is 0.615. The highest BCUT2D eigenvalue weighted by atomic mass is 19.4. The zero-order valence-electron chi connectivity index (χ0n) is 11.0. The van der Waals surface area contributed by atoms with Crippen LogP contribution in [0.15, 0.2) is 18.3 Å². The van der Waals surface area contributed by atoms with E-state index >= 15 is 0 Å². The van der Waals surface area contributed by atoms with Gasteiger partial charge in [0, 0.05) is 25.7 Å². The van der Waals surface area contributed by atoms with E-state index in [-0.39, 0.29) is 6.04 Å². The maximum Gasteiger partial charge on any atom is 0.433 e. The van der Waals surface area contributed by atoms with E-state index in [1.807, 2.05) is 0 Å². The molecule has 6 heteroatoms. The molecule has 0 spiro atoms. The first kappa shape index (κ1) is 14.1. The lowest BCUT2D eigenvalue weighted by Crippen LogP contribution is -2.53. The van der Waals surface area contributed by atoms with Crippen LogP contribution in [0.2, 0.25) is 0 Å². The number of hydrogen-bond donors (Lipinski definition) is 1. The molecule has 0 aromatic carbocycles. The number of alkyl halides is 3. The minimum atomic E-state index is -4.38. The Morgan fingerprint density at radius 3 is 2.63 bits per heavy atom. The molecule has 1 N–H and O–H groups in total. The van der Waals surface area contributed by atoms with E-state index < -0.39 is 11.9 Å². The molecular formula is C13H18F3N3. The average Bonchev–Trinajstić information content (AvgIpc) is 2.38. The number of pyridine rings is 1. The summed E-state index contributed by atoms with van der Waals surface area (Å²) in [4.78, 5) is 5.67. The summed E-state index contributed by atoms with van der Waals surface area (Å²) in [5, 5.41) is 3.31. The summed E-state index contributed by atoms with van der Waals surface area (Å²) in [6, 6.07) is 2.85. The molecule has 19 heavy (non-hydrogen) atoms. The molecule has 1 aromatic heterocycles. The molecule has 0 amide bonds. The van der Waals surface area contributed by atoms with Crippen molar-refractivity contribution >= 4 is 5.69 Å². The lowest BCUT2D eigenvalue weighted by Gasteiger charge is -2.40. The summed E-state index contributed by atoms with van der Waals surface area (Å²) in [7, 11) is 0. The number of halogens is 3. The van der Waals surface area contributed by atoms with Crippen molar-refractivity contribution in [3.05, 3.63) is 24.0 Å². The van der Waals surface area contributed by atoms with Crippen LogP contribution >= 0.6 is 0 Å². The molecular weight excluding hydrogens is 255 g/mol. The summed E-state index contributed by atoms with van der Waals surface area (Å²) in [5.41, 5.74) is -0.0827. The van der Waals surface area contributed by atoms with Crippen molar-refractivity contribution in [3.8, 4) is 0 Å². The van der Waals surface area contributed by atoms with Gasteiger partial charge in [0.15, 0.2) is 0 Å². The number of rotatable bonds is 2. The fourth-order valence-electron chi connectivity index (χ4n) is 2.37. The highest BCUT2D eigenvalue weighted by molar-refractivity contribution is 5.46. The number of piperazine rings is 1.